The summed E-state index contributed by atoms with van der Waals surface area (Å²) in [6.07, 6.45) is 2.45. The highest BCUT2D eigenvalue weighted by Crippen LogP contribution is 2.32. The number of aromatic nitrogens is 2. The second kappa shape index (κ2) is 14.1. The van der Waals surface area contributed by atoms with Crippen LogP contribution in [0.3, 0.4) is 0 Å². The van der Waals surface area contributed by atoms with Crippen molar-refractivity contribution in [3.8, 4) is 5.75 Å². The molecule has 3 heterocycles. The van der Waals surface area contributed by atoms with Gasteiger partial charge in [-0.05, 0) is 20.8 Å². The first-order valence-corrected chi connectivity index (χ1v) is 13.5. The second-order valence-corrected chi connectivity index (χ2v) is 10.8. The van der Waals surface area contributed by atoms with Gasteiger partial charge >= 0.3 is 10.4 Å². The first-order valence-electron chi connectivity index (χ1n) is 10.9. The van der Waals surface area contributed by atoms with Gasteiger partial charge in [0.1, 0.15) is 27.5 Å². The van der Waals surface area contributed by atoms with Crippen LogP contribution in [0.25, 0.3) is 0 Å². The highest BCUT2D eigenvalue weighted by Gasteiger charge is 2.57. The molecule has 0 aliphatic carbocycles. The maximum atomic E-state index is 11.3. The minimum absolute atomic E-state index is 0.123. The first kappa shape index (κ1) is 33.6. The maximum Gasteiger partial charge on any atom is 0.418 e. The number of carbonyl (C=O) groups excluding carboxylic acids is 2. The van der Waals surface area contributed by atoms with Crippen molar-refractivity contribution in [2.45, 2.75) is 59.2 Å². The number of aromatic hydroxyl groups is 1. The summed E-state index contributed by atoms with van der Waals surface area (Å²) >= 11 is 7.04. The van der Waals surface area contributed by atoms with E-state index in [1.54, 1.807) is 6.92 Å². The number of rotatable bonds is 8. The molecule has 218 valence electrons. The van der Waals surface area contributed by atoms with E-state index in [9.17, 15) is 28.0 Å². The summed E-state index contributed by atoms with van der Waals surface area (Å²) in [6, 6.07) is 0.172. The molecular weight excluding hydrogens is 584 g/mol. The van der Waals surface area contributed by atoms with Crippen LogP contribution in [0.5, 0.6) is 5.75 Å². The molecule has 3 rings (SSSR count). The Labute approximate surface area is 232 Å². The third-order valence-electron chi connectivity index (χ3n) is 4.53. The van der Waals surface area contributed by atoms with E-state index in [-0.39, 0.29) is 12.3 Å². The van der Waals surface area contributed by atoms with Gasteiger partial charge in [0.2, 0.25) is 11.8 Å². The first-order chi connectivity index (χ1) is 18.0. The molecule has 6 N–H and O–H groups in total. The third kappa shape index (κ3) is 9.36. The van der Waals surface area contributed by atoms with E-state index in [0.717, 1.165) is 23.6 Å². The van der Waals surface area contributed by atoms with Gasteiger partial charge in [-0.25, -0.2) is 4.98 Å². The van der Waals surface area contributed by atoms with Crippen molar-refractivity contribution in [1.82, 2.24) is 20.1 Å². The van der Waals surface area contributed by atoms with Gasteiger partial charge < -0.3 is 26.2 Å². The molecule has 0 bridgehead atoms. The Morgan fingerprint density at radius 1 is 1.38 bits per heavy atom. The van der Waals surface area contributed by atoms with Gasteiger partial charge in [-0.3, -0.25) is 18.9 Å². The Kier molecular flexibility index (Phi) is 12.1. The average molecular weight is 613 g/mol. The number of nitrogens with one attached hydrogen (secondary N) is 1. The molecule has 2 aromatic rings. The zero-order chi connectivity index (χ0) is 30.1. The molecular formula is C20H29ClN6O10S2. The van der Waals surface area contributed by atoms with Crippen LogP contribution in [0.15, 0.2) is 22.2 Å². The smallest absolute Gasteiger partial charge is 0.418 e. The fourth-order valence-corrected chi connectivity index (χ4v) is 4.25. The van der Waals surface area contributed by atoms with Gasteiger partial charge in [0.05, 0.1) is 11.7 Å². The maximum absolute atomic E-state index is 11.3. The SMILES string of the molecule is C/C(=N\OCc1cc(=O)c(O)cn1O)c1nc(N)sc1Cl.CC1(C)C(NC=O)C(=O)N1OS(=O)(=O)O.CCC. The predicted molar refractivity (Wildman–Crippen MR) is 141 cm³/mol. The van der Waals surface area contributed by atoms with Crippen molar-refractivity contribution in [3.05, 3.63) is 38.2 Å². The van der Waals surface area contributed by atoms with Crippen molar-refractivity contribution in [2.75, 3.05) is 5.73 Å². The summed E-state index contributed by atoms with van der Waals surface area (Å²) in [5.74, 6) is -1.31. The molecule has 2 aromatic heterocycles. The molecule has 2 amide bonds. The topological polar surface area (TPSA) is 236 Å². The molecule has 1 saturated heterocycles. The molecule has 0 radical (unpaired) electrons. The number of thiazole rings is 1. The largest absolute Gasteiger partial charge is 0.503 e. The lowest BCUT2D eigenvalue weighted by atomic mass is 9.85. The highest BCUT2D eigenvalue weighted by atomic mass is 35.5. The number of β-lactam (4-membered cyclic amide) rings is 1. The third-order valence-corrected chi connectivity index (χ3v) is 5.95. The van der Waals surface area contributed by atoms with Crippen LogP contribution in [0, 0.1) is 0 Å². The van der Waals surface area contributed by atoms with Crippen LogP contribution in [0.4, 0.5) is 5.13 Å². The molecule has 1 aliphatic rings. The van der Waals surface area contributed by atoms with Crippen LogP contribution in [0.1, 0.15) is 52.4 Å². The summed E-state index contributed by atoms with van der Waals surface area (Å²) in [7, 11) is -4.74. The van der Waals surface area contributed by atoms with E-state index in [0.29, 0.717) is 37.1 Å². The normalized spacial score (nSPS) is 16.2. The van der Waals surface area contributed by atoms with Crippen molar-refractivity contribution < 1.29 is 42.0 Å². The quantitative estimate of drug-likeness (QED) is 0.0708. The fraction of sp³-hybridized carbons (Fsp3) is 0.450. The molecule has 1 aliphatic heterocycles. The van der Waals surface area contributed by atoms with Crippen molar-refractivity contribution in [3.63, 3.8) is 0 Å². The number of amides is 2. The van der Waals surface area contributed by atoms with Gasteiger partial charge in [0.15, 0.2) is 17.5 Å². The Hall–Kier alpha value is -3.45. The number of carbonyl (C=O) groups is 2. The van der Waals surface area contributed by atoms with Crippen LogP contribution in [-0.4, -0.2) is 67.7 Å². The molecule has 1 fully saturated rings. The fourth-order valence-electron chi connectivity index (χ4n) is 2.77. The number of hydroxylamine groups is 2. The molecule has 0 spiro atoms. The molecule has 16 nitrogen and oxygen atoms in total. The summed E-state index contributed by atoms with van der Waals surface area (Å²) in [5, 5.41) is 25.4. The number of nitrogens with two attached hydrogens (primary N) is 1. The van der Waals surface area contributed by atoms with Gasteiger partial charge in [-0.1, -0.05) is 48.4 Å². The van der Waals surface area contributed by atoms with E-state index >= 15 is 0 Å². The number of nitrogens with zero attached hydrogens (tertiary/aromatic N) is 4. The summed E-state index contributed by atoms with van der Waals surface area (Å²) in [4.78, 5) is 41.7. The van der Waals surface area contributed by atoms with E-state index in [2.05, 4.69) is 33.6 Å². The van der Waals surface area contributed by atoms with Gasteiger partial charge in [-0.2, -0.15) is 18.2 Å². The van der Waals surface area contributed by atoms with Crippen molar-refractivity contribution in [2.24, 2.45) is 5.16 Å². The molecule has 39 heavy (non-hydrogen) atoms. The van der Waals surface area contributed by atoms with E-state index in [4.69, 9.17) is 31.8 Å². The summed E-state index contributed by atoms with van der Waals surface area (Å²) in [6.45, 7) is 8.64. The molecule has 1 atom stereocenters. The van der Waals surface area contributed by atoms with Gasteiger partial charge in [0, 0.05) is 6.07 Å². The number of hydrogen-bond donors (Lipinski definition) is 5. The number of pyridine rings is 1. The zero-order valence-corrected chi connectivity index (χ0v) is 23.9. The lowest BCUT2D eigenvalue weighted by Crippen LogP contribution is -2.75. The number of oxime groups is 1. The number of halogens is 1. The van der Waals surface area contributed by atoms with Gasteiger partial charge in [0.25, 0.3) is 5.91 Å². The van der Waals surface area contributed by atoms with Gasteiger partial charge in [-0.15, -0.1) is 4.28 Å². The number of nitrogen functional groups attached to an aromatic ring is 1. The van der Waals surface area contributed by atoms with Crippen LogP contribution < -0.4 is 16.5 Å². The second-order valence-electron chi connectivity index (χ2n) is 8.20. The monoisotopic (exact) mass is 612 g/mol. The highest BCUT2D eigenvalue weighted by molar-refractivity contribution is 7.80. The summed E-state index contributed by atoms with van der Waals surface area (Å²) < 4.78 is 34.2. The zero-order valence-electron chi connectivity index (χ0n) is 21.5. The summed E-state index contributed by atoms with van der Waals surface area (Å²) in [5.41, 5.74) is 4.79. The molecule has 19 heteroatoms. The predicted octanol–water partition coefficient (Wildman–Crippen LogP) is 1.30. The molecule has 0 aromatic carbocycles. The van der Waals surface area contributed by atoms with E-state index in [1.807, 2.05) is 0 Å². The Morgan fingerprint density at radius 3 is 2.44 bits per heavy atom. The minimum Gasteiger partial charge on any atom is -0.503 e. The van der Waals surface area contributed by atoms with Crippen molar-refractivity contribution >= 4 is 56.5 Å². The van der Waals surface area contributed by atoms with Crippen molar-refractivity contribution in [1.29, 1.82) is 0 Å². The Balaban J connectivity index is 0.000000371. The Bertz CT molecular complexity index is 1360. The van der Waals surface area contributed by atoms with Crippen LogP contribution >= 0.6 is 22.9 Å². The number of anilines is 1. The molecule has 0 saturated carbocycles. The van der Waals surface area contributed by atoms with E-state index in [1.165, 1.54) is 20.3 Å². The lowest BCUT2D eigenvalue weighted by Gasteiger charge is -2.50. The standard InChI is InChI=1S/C11H11ClN4O4S.C6H10N2O6S.C3H8/c1-5(9-10(12)21-11(13)14-9)15-20-4-6-2-7(17)8(18)3-16(6)19;1-6(2)4(7-3-9)5(10)8(6)14-15(11,12)13;1-3-2/h2-3,18-19H,4H2,1H3,(H2,13,14);3-4H,1-2H3,(H,7,9)(H,11,12,13);3H2,1-2H3/b15-5+;;. The number of hydrogen-bond acceptors (Lipinski definition) is 13. The minimum atomic E-state index is -4.74. The average Bonchev–Trinajstić information content (AvgIpc) is 3.17. The van der Waals surface area contributed by atoms with E-state index < -0.39 is 39.1 Å². The lowest BCUT2D eigenvalue weighted by molar-refractivity contribution is -0.218. The van der Waals surface area contributed by atoms with Crippen LogP contribution in [0.2, 0.25) is 4.34 Å². The van der Waals surface area contributed by atoms with Crippen LogP contribution in [-0.2, 0) is 35.7 Å². The Morgan fingerprint density at radius 2 is 1.97 bits per heavy atom. The molecule has 1 unspecified atom stereocenters.